The van der Waals surface area contributed by atoms with Crippen LogP contribution >= 0.6 is 11.6 Å². The molecule has 0 unspecified atom stereocenters. The van der Waals surface area contributed by atoms with E-state index in [1.165, 1.54) is 23.1 Å². The number of halogens is 2. The van der Waals surface area contributed by atoms with Crippen molar-refractivity contribution in [3.63, 3.8) is 0 Å². The molecule has 7 nitrogen and oxygen atoms in total. The lowest BCUT2D eigenvalue weighted by Crippen LogP contribution is -2.52. The van der Waals surface area contributed by atoms with Crippen LogP contribution in [0.2, 0.25) is 5.02 Å². The first kappa shape index (κ1) is 29.1. The Morgan fingerprint density at radius 1 is 1.00 bits per heavy atom. The van der Waals surface area contributed by atoms with E-state index in [4.69, 9.17) is 11.6 Å². The normalized spacial score (nSPS) is 12.0. The molecule has 0 spiro atoms. The van der Waals surface area contributed by atoms with E-state index in [9.17, 15) is 22.4 Å². The van der Waals surface area contributed by atoms with Crippen LogP contribution in [0.1, 0.15) is 31.4 Å². The van der Waals surface area contributed by atoms with E-state index >= 15 is 0 Å². The van der Waals surface area contributed by atoms with Gasteiger partial charge in [0.2, 0.25) is 11.8 Å². The zero-order chi connectivity index (χ0) is 27.9. The molecule has 0 bridgehead atoms. The monoisotopic (exact) mass is 559 g/mol. The SMILES string of the molecule is CCNC(=O)[C@@H](CC)N(Cc1cccc(C)c1)C(=O)CN(c1ccc(F)c(Cl)c1)S(=O)(=O)c1ccccc1. The summed E-state index contributed by atoms with van der Waals surface area (Å²) in [6.45, 7) is 5.34. The van der Waals surface area contributed by atoms with Gasteiger partial charge in [0, 0.05) is 13.1 Å². The van der Waals surface area contributed by atoms with Crippen molar-refractivity contribution >= 4 is 39.1 Å². The number of hydrogen-bond donors (Lipinski definition) is 1. The molecule has 0 aliphatic rings. The van der Waals surface area contributed by atoms with Crippen LogP contribution in [0.5, 0.6) is 0 Å². The average Bonchev–Trinajstić information content (AvgIpc) is 2.89. The Hall–Kier alpha value is -3.43. The maximum Gasteiger partial charge on any atom is 0.264 e. The van der Waals surface area contributed by atoms with Gasteiger partial charge in [0.25, 0.3) is 10.0 Å². The van der Waals surface area contributed by atoms with E-state index in [0.717, 1.165) is 27.6 Å². The van der Waals surface area contributed by atoms with Crippen molar-refractivity contribution < 1.29 is 22.4 Å². The Kier molecular flexibility index (Phi) is 9.88. The maximum atomic E-state index is 13.9. The Bertz CT molecular complexity index is 1390. The summed E-state index contributed by atoms with van der Waals surface area (Å²) in [4.78, 5) is 28.2. The molecule has 0 aromatic heterocycles. The number of nitrogens with zero attached hydrogens (tertiary/aromatic N) is 2. The Labute approximate surface area is 228 Å². The van der Waals surface area contributed by atoms with Crippen LogP contribution in [0.4, 0.5) is 10.1 Å². The van der Waals surface area contributed by atoms with Crippen LogP contribution in [0, 0.1) is 12.7 Å². The molecule has 2 amide bonds. The van der Waals surface area contributed by atoms with Gasteiger partial charge in [-0.1, -0.05) is 66.6 Å². The largest absolute Gasteiger partial charge is 0.355 e. The van der Waals surface area contributed by atoms with E-state index in [-0.39, 0.29) is 28.1 Å². The molecule has 0 heterocycles. The van der Waals surface area contributed by atoms with Crippen LogP contribution in [0.25, 0.3) is 0 Å². The summed E-state index contributed by atoms with van der Waals surface area (Å²) in [7, 11) is -4.25. The average molecular weight is 560 g/mol. The number of anilines is 1. The first-order valence-electron chi connectivity index (χ1n) is 12.2. The minimum absolute atomic E-state index is 0.0233. The zero-order valence-corrected chi connectivity index (χ0v) is 23.1. The van der Waals surface area contributed by atoms with Crippen molar-refractivity contribution in [3.8, 4) is 0 Å². The summed E-state index contributed by atoms with van der Waals surface area (Å²) < 4.78 is 42.2. The highest BCUT2D eigenvalue weighted by Crippen LogP contribution is 2.28. The molecular formula is C28H31ClFN3O4S. The fraction of sp³-hybridized carbons (Fsp3) is 0.286. The standard InChI is InChI=1S/C28H31ClFN3O4S/c1-4-26(28(35)31-5-2)32(18-21-11-9-10-20(3)16-21)27(34)19-33(22-14-15-25(30)24(29)17-22)38(36,37)23-12-7-6-8-13-23/h6-17,26H,4-5,18-19H2,1-3H3,(H,31,35)/t26-/m1/s1. The number of hydrogen-bond acceptors (Lipinski definition) is 4. The van der Waals surface area contributed by atoms with Crippen molar-refractivity contribution in [1.29, 1.82) is 0 Å². The summed E-state index contributed by atoms with van der Waals surface area (Å²) in [6.07, 6.45) is 0.317. The molecule has 0 radical (unpaired) electrons. The first-order valence-corrected chi connectivity index (χ1v) is 14.1. The second-order valence-electron chi connectivity index (χ2n) is 8.75. The number of rotatable bonds is 11. The molecule has 0 aliphatic carbocycles. The molecule has 0 aliphatic heterocycles. The third-order valence-electron chi connectivity index (χ3n) is 5.97. The predicted molar refractivity (Wildman–Crippen MR) is 147 cm³/mol. The number of amides is 2. The number of nitrogens with one attached hydrogen (secondary N) is 1. The van der Waals surface area contributed by atoms with Crippen molar-refractivity contribution in [1.82, 2.24) is 10.2 Å². The lowest BCUT2D eigenvalue weighted by atomic mass is 10.1. The number of carbonyl (C=O) groups is 2. The van der Waals surface area contributed by atoms with E-state index < -0.39 is 34.3 Å². The molecule has 1 atom stereocenters. The van der Waals surface area contributed by atoms with Crippen LogP contribution in [0.15, 0.2) is 77.7 Å². The minimum atomic E-state index is -4.25. The highest BCUT2D eigenvalue weighted by atomic mass is 35.5. The van der Waals surface area contributed by atoms with Crippen molar-refractivity contribution in [2.75, 3.05) is 17.4 Å². The number of carbonyl (C=O) groups excluding carboxylic acids is 2. The summed E-state index contributed by atoms with van der Waals surface area (Å²) in [5, 5.41) is 2.48. The van der Waals surface area contributed by atoms with E-state index in [2.05, 4.69) is 5.32 Å². The second-order valence-corrected chi connectivity index (χ2v) is 11.0. The molecule has 0 saturated carbocycles. The summed E-state index contributed by atoms with van der Waals surface area (Å²) in [5.41, 5.74) is 1.80. The summed E-state index contributed by atoms with van der Waals surface area (Å²) >= 11 is 5.98. The van der Waals surface area contributed by atoms with Gasteiger partial charge in [-0.3, -0.25) is 13.9 Å². The minimum Gasteiger partial charge on any atom is -0.355 e. The van der Waals surface area contributed by atoms with Crippen LogP contribution in [-0.4, -0.2) is 44.3 Å². The quantitative estimate of drug-likeness (QED) is 0.361. The topological polar surface area (TPSA) is 86.8 Å². The fourth-order valence-corrected chi connectivity index (χ4v) is 5.71. The fourth-order valence-electron chi connectivity index (χ4n) is 4.11. The highest BCUT2D eigenvalue weighted by molar-refractivity contribution is 7.92. The lowest BCUT2D eigenvalue weighted by Gasteiger charge is -2.33. The van der Waals surface area contributed by atoms with Crippen LogP contribution < -0.4 is 9.62 Å². The van der Waals surface area contributed by atoms with Crippen molar-refractivity contribution in [3.05, 3.63) is 94.8 Å². The van der Waals surface area contributed by atoms with Gasteiger partial charge >= 0.3 is 0 Å². The van der Waals surface area contributed by atoms with Crippen molar-refractivity contribution in [2.24, 2.45) is 0 Å². The van der Waals surface area contributed by atoms with Gasteiger partial charge in [0.15, 0.2) is 0 Å². The second kappa shape index (κ2) is 12.9. The Morgan fingerprint density at radius 3 is 2.32 bits per heavy atom. The van der Waals surface area contributed by atoms with E-state index in [1.54, 1.807) is 32.0 Å². The third kappa shape index (κ3) is 6.90. The summed E-state index contributed by atoms with van der Waals surface area (Å²) in [6, 6.07) is 17.8. The number of likely N-dealkylation sites (N-methyl/N-ethyl adjacent to an activating group) is 1. The van der Waals surface area contributed by atoms with Gasteiger partial charge in [-0.05, 0) is 56.2 Å². The molecule has 1 N–H and O–H groups in total. The molecule has 10 heteroatoms. The molecule has 0 fully saturated rings. The Balaban J connectivity index is 2.07. The number of sulfonamides is 1. The maximum absolute atomic E-state index is 13.9. The van der Waals surface area contributed by atoms with Gasteiger partial charge in [0.1, 0.15) is 18.4 Å². The molecule has 0 saturated heterocycles. The molecule has 3 aromatic carbocycles. The summed E-state index contributed by atoms with van der Waals surface area (Å²) in [5.74, 6) is -1.65. The van der Waals surface area contributed by atoms with E-state index in [1.807, 2.05) is 31.2 Å². The van der Waals surface area contributed by atoms with Gasteiger partial charge in [0.05, 0.1) is 15.6 Å². The predicted octanol–water partition coefficient (Wildman–Crippen LogP) is 4.93. The Morgan fingerprint density at radius 2 is 1.71 bits per heavy atom. The lowest BCUT2D eigenvalue weighted by molar-refractivity contribution is -0.140. The number of aryl methyl sites for hydroxylation is 1. The molecule has 202 valence electrons. The number of benzene rings is 3. The van der Waals surface area contributed by atoms with Gasteiger partial charge < -0.3 is 10.2 Å². The van der Waals surface area contributed by atoms with Crippen LogP contribution in [0.3, 0.4) is 0 Å². The zero-order valence-electron chi connectivity index (χ0n) is 21.5. The van der Waals surface area contributed by atoms with Gasteiger partial charge in [-0.15, -0.1) is 0 Å². The smallest absolute Gasteiger partial charge is 0.264 e. The third-order valence-corrected chi connectivity index (χ3v) is 8.05. The van der Waals surface area contributed by atoms with Gasteiger partial charge in [-0.25, -0.2) is 12.8 Å². The van der Waals surface area contributed by atoms with Crippen molar-refractivity contribution in [2.45, 2.75) is 44.7 Å². The molecule has 3 aromatic rings. The molecule has 38 heavy (non-hydrogen) atoms. The molecular weight excluding hydrogens is 529 g/mol. The first-order chi connectivity index (χ1) is 18.1. The van der Waals surface area contributed by atoms with E-state index in [0.29, 0.717) is 13.0 Å². The molecule has 3 rings (SSSR count). The van der Waals surface area contributed by atoms with Gasteiger partial charge in [-0.2, -0.15) is 0 Å². The highest BCUT2D eigenvalue weighted by Gasteiger charge is 2.33. The van der Waals surface area contributed by atoms with Crippen LogP contribution in [-0.2, 0) is 26.2 Å².